The van der Waals surface area contributed by atoms with E-state index in [9.17, 15) is 4.79 Å². The molecule has 0 spiro atoms. The quantitative estimate of drug-likeness (QED) is 0.344. The molecule has 4 aromatic rings. The average molecular weight is 458 g/mol. The van der Waals surface area contributed by atoms with E-state index in [1.165, 1.54) is 11.8 Å². The maximum absolute atomic E-state index is 13.2. The van der Waals surface area contributed by atoms with Gasteiger partial charge in [-0.25, -0.2) is 0 Å². The lowest BCUT2D eigenvalue weighted by Crippen LogP contribution is -2.38. The Kier molecular flexibility index (Phi) is 6.89. The van der Waals surface area contributed by atoms with Crippen molar-refractivity contribution in [3.63, 3.8) is 0 Å². The molecule has 0 fully saturated rings. The van der Waals surface area contributed by atoms with Gasteiger partial charge in [0, 0.05) is 29.7 Å². The van der Waals surface area contributed by atoms with E-state index in [0.717, 1.165) is 33.9 Å². The molecule has 0 aliphatic carbocycles. The molecule has 0 aliphatic heterocycles. The first kappa shape index (κ1) is 22.7. The number of hydrogen-bond acceptors (Lipinski definition) is 5. The summed E-state index contributed by atoms with van der Waals surface area (Å²) in [6.45, 7) is 8.18. The molecular weight excluding hydrogens is 430 g/mol. The highest BCUT2D eigenvalue weighted by molar-refractivity contribution is 7.99. The topological polar surface area (TPSA) is 63.9 Å². The third-order valence-electron chi connectivity index (χ3n) is 5.32. The summed E-state index contributed by atoms with van der Waals surface area (Å²) in [5.74, 6) is 1.01. The van der Waals surface area contributed by atoms with Gasteiger partial charge >= 0.3 is 0 Å². The standard InChI is InChI=1S/C26H27N5OS/c1-18(2)30(22-8-6-5-7-9-22)24(32)17-33-26-29-28-25(21-12-14-27-15-13-21)31(26)23-16-19(3)10-11-20(23)4/h5-16,18H,17H2,1-4H3. The Balaban J connectivity index is 1.69. The molecule has 0 radical (unpaired) electrons. The molecule has 7 heteroatoms. The minimum absolute atomic E-state index is 0.0298. The lowest BCUT2D eigenvalue weighted by Gasteiger charge is -2.26. The van der Waals surface area contributed by atoms with Crippen molar-refractivity contribution >= 4 is 23.4 Å². The van der Waals surface area contributed by atoms with Crippen LogP contribution in [0.2, 0.25) is 0 Å². The Bertz CT molecular complexity index is 1240. The van der Waals surface area contributed by atoms with Crippen molar-refractivity contribution in [3.05, 3.63) is 84.2 Å². The van der Waals surface area contributed by atoms with E-state index < -0.39 is 0 Å². The predicted molar refractivity (Wildman–Crippen MR) is 134 cm³/mol. The summed E-state index contributed by atoms with van der Waals surface area (Å²) in [5, 5.41) is 9.64. The third kappa shape index (κ3) is 4.98. The number of pyridine rings is 1. The van der Waals surface area contributed by atoms with Gasteiger partial charge in [0.1, 0.15) is 0 Å². The average Bonchev–Trinajstić information content (AvgIpc) is 3.24. The number of hydrogen-bond donors (Lipinski definition) is 0. The largest absolute Gasteiger partial charge is 0.309 e. The molecule has 0 aliphatic rings. The number of carbonyl (C=O) groups excluding carboxylic acids is 1. The molecular formula is C26H27N5OS. The first-order valence-corrected chi connectivity index (χ1v) is 11.9. The fourth-order valence-electron chi connectivity index (χ4n) is 3.74. The van der Waals surface area contributed by atoms with Crippen LogP contribution in [-0.2, 0) is 4.79 Å². The van der Waals surface area contributed by atoms with Crippen LogP contribution in [0.5, 0.6) is 0 Å². The lowest BCUT2D eigenvalue weighted by atomic mass is 10.1. The highest BCUT2D eigenvalue weighted by atomic mass is 32.2. The van der Waals surface area contributed by atoms with Crippen molar-refractivity contribution in [3.8, 4) is 17.1 Å². The van der Waals surface area contributed by atoms with E-state index in [-0.39, 0.29) is 17.7 Å². The number of benzene rings is 2. The normalized spacial score (nSPS) is 11.1. The molecule has 6 nitrogen and oxygen atoms in total. The number of anilines is 1. The molecule has 1 amide bonds. The first-order chi connectivity index (χ1) is 16.0. The number of nitrogens with zero attached hydrogens (tertiary/aromatic N) is 5. The number of amides is 1. The van der Waals surface area contributed by atoms with Gasteiger partial charge in [0.25, 0.3) is 0 Å². The molecule has 0 atom stereocenters. The zero-order chi connectivity index (χ0) is 23.4. The van der Waals surface area contributed by atoms with E-state index in [1.807, 2.05) is 65.8 Å². The first-order valence-electron chi connectivity index (χ1n) is 10.9. The number of aryl methyl sites for hydroxylation is 2. The summed E-state index contributed by atoms with van der Waals surface area (Å²) in [6, 6.07) is 20.0. The lowest BCUT2D eigenvalue weighted by molar-refractivity contribution is -0.116. The van der Waals surface area contributed by atoms with Crippen molar-refractivity contribution in [1.29, 1.82) is 0 Å². The zero-order valence-electron chi connectivity index (χ0n) is 19.3. The van der Waals surface area contributed by atoms with Crippen molar-refractivity contribution < 1.29 is 4.79 Å². The van der Waals surface area contributed by atoms with Crippen molar-refractivity contribution in [2.45, 2.75) is 38.9 Å². The molecule has 33 heavy (non-hydrogen) atoms. The van der Waals surface area contributed by atoms with Gasteiger partial charge in [-0.05, 0) is 69.2 Å². The van der Waals surface area contributed by atoms with E-state index in [4.69, 9.17) is 0 Å². The van der Waals surface area contributed by atoms with Gasteiger partial charge in [0.2, 0.25) is 5.91 Å². The molecule has 0 unspecified atom stereocenters. The minimum atomic E-state index is 0.0298. The van der Waals surface area contributed by atoms with Crippen molar-refractivity contribution in [2.75, 3.05) is 10.7 Å². The second kappa shape index (κ2) is 10.0. The van der Waals surface area contributed by atoms with Gasteiger partial charge in [-0.15, -0.1) is 10.2 Å². The van der Waals surface area contributed by atoms with Crippen molar-refractivity contribution in [1.82, 2.24) is 19.7 Å². The summed E-state index contributed by atoms with van der Waals surface area (Å²) in [4.78, 5) is 19.2. The third-order valence-corrected chi connectivity index (χ3v) is 6.24. The van der Waals surface area contributed by atoms with E-state index in [2.05, 4.69) is 47.2 Å². The number of rotatable bonds is 7. The summed E-state index contributed by atoms with van der Waals surface area (Å²) in [7, 11) is 0. The molecule has 0 bridgehead atoms. The maximum Gasteiger partial charge on any atom is 0.237 e. The number of para-hydroxylation sites is 1. The van der Waals surface area contributed by atoms with Crippen molar-refractivity contribution in [2.24, 2.45) is 0 Å². The second-order valence-electron chi connectivity index (χ2n) is 8.15. The molecule has 4 rings (SSSR count). The smallest absolute Gasteiger partial charge is 0.237 e. The highest BCUT2D eigenvalue weighted by Gasteiger charge is 2.22. The van der Waals surface area contributed by atoms with Crippen LogP contribution in [-0.4, -0.2) is 37.5 Å². The van der Waals surface area contributed by atoms with Crippen LogP contribution in [0.3, 0.4) is 0 Å². The number of carbonyl (C=O) groups is 1. The minimum Gasteiger partial charge on any atom is -0.309 e. The van der Waals surface area contributed by atoms with Gasteiger partial charge < -0.3 is 4.90 Å². The van der Waals surface area contributed by atoms with Crippen LogP contribution < -0.4 is 4.90 Å². The Morgan fingerprint density at radius 3 is 2.42 bits per heavy atom. The molecule has 2 aromatic heterocycles. The Hall–Kier alpha value is -3.45. The van der Waals surface area contributed by atoms with Gasteiger partial charge in [-0.2, -0.15) is 0 Å². The molecule has 2 heterocycles. The van der Waals surface area contributed by atoms with Gasteiger partial charge in [-0.3, -0.25) is 14.3 Å². The molecule has 0 saturated carbocycles. The van der Waals surface area contributed by atoms with E-state index in [0.29, 0.717) is 5.16 Å². The summed E-state index contributed by atoms with van der Waals surface area (Å²) in [5.41, 5.74) is 5.07. The highest BCUT2D eigenvalue weighted by Crippen LogP contribution is 2.30. The van der Waals surface area contributed by atoms with Gasteiger partial charge in [0.05, 0.1) is 11.4 Å². The molecule has 168 valence electrons. The van der Waals surface area contributed by atoms with Crippen LogP contribution in [0, 0.1) is 13.8 Å². The summed E-state index contributed by atoms with van der Waals surface area (Å²) >= 11 is 1.40. The monoisotopic (exact) mass is 457 g/mol. The fourth-order valence-corrected chi connectivity index (χ4v) is 4.55. The summed E-state index contributed by atoms with van der Waals surface area (Å²) < 4.78 is 2.04. The number of thioether (sulfide) groups is 1. The maximum atomic E-state index is 13.2. The van der Waals surface area contributed by atoms with Crippen LogP contribution in [0.4, 0.5) is 5.69 Å². The SMILES string of the molecule is Cc1ccc(C)c(-n2c(SCC(=O)N(c3ccccc3)C(C)C)nnc2-c2ccncc2)c1. The Labute approximate surface area is 198 Å². The number of aromatic nitrogens is 4. The van der Waals surface area contributed by atoms with Crippen LogP contribution in [0.1, 0.15) is 25.0 Å². The Morgan fingerprint density at radius 1 is 1.00 bits per heavy atom. The van der Waals surface area contributed by atoms with Gasteiger partial charge in [0.15, 0.2) is 11.0 Å². The molecule has 2 aromatic carbocycles. The Morgan fingerprint density at radius 2 is 1.73 bits per heavy atom. The second-order valence-corrected chi connectivity index (χ2v) is 9.09. The molecule has 0 N–H and O–H groups in total. The summed E-state index contributed by atoms with van der Waals surface area (Å²) in [6.07, 6.45) is 3.49. The van der Waals surface area contributed by atoms with Crippen LogP contribution >= 0.6 is 11.8 Å². The van der Waals surface area contributed by atoms with E-state index in [1.54, 1.807) is 12.4 Å². The van der Waals surface area contributed by atoms with E-state index >= 15 is 0 Å². The van der Waals surface area contributed by atoms with Crippen LogP contribution in [0.15, 0.2) is 78.2 Å². The predicted octanol–water partition coefficient (Wildman–Crippen LogP) is 5.48. The van der Waals surface area contributed by atoms with Gasteiger partial charge in [-0.1, -0.05) is 42.1 Å². The van der Waals surface area contributed by atoms with Crippen LogP contribution in [0.25, 0.3) is 17.1 Å². The molecule has 0 saturated heterocycles. The fraction of sp³-hybridized carbons (Fsp3) is 0.231. The zero-order valence-corrected chi connectivity index (χ0v) is 20.1.